The van der Waals surface area contributed by atoms with Crippen LogP contribution < -0.4 is 5.73 Å². The van der Waals surface area contributed by atoms with Gasteiger partial charge in [-0.15, -0.1) is 0 Å². The minimum atomic E-state index is -2.92. The first kappa shape index (κ1) is 16.0. The van der Waals surface area contributed by atoms with Gasteiger partial charge in [0.05, 0.1) is 24.0 Å². The smallest absolute Gasteiger partial charge is 0.261 e. The zero-order valence-electron chi connectivity index (χ0n) is 13.6. The number of aliphatic hydroxyl groups is 1. The average Bonchev–Trinajstić information content (AvgIpc) is 3.13. The van der Waals surface area contributed by atoms with Crippen LogP contribution in [0, 0.1) is 12.8 Å². The Hall–Kier alpha value is -2.53. The van der Waals surface area contributed by atoms with Crippen LogP contribution in [-0.2, 0) is 0 Å². The molecule has 0 bridgehead atoms. The van der Waals surface area contributed by atoms with Crippen molar-refractivity contribution in [2.75, 3.05) is 6.61 Å². The topological polar surface area (TPSA) is 63.3 Å². The SMILES string of the molecule is Cc1c(C2C(CO)C2(F)F)ccc2cc3ccccc3c(C(N)=O)c12. The zero-order valence-corrected chi connectivity index (χ0v) is 13.6. The number of rotatable bonds is 3. The van der Waals surface area contributed by atoms with Crippen molar-refractivity contribution in [3.8, 4) is 0 Å². The van der Waals surface area contributed by atoms with E-state index in [2.05, 4.69) is 0 Å². The van der Waals surface area contributed by atoms with Gasteiger partial charge < -0.3 is 10.8 Å². The average molecular weight is 341 g/mol. The van der Waals surface area contributed by atoms with Crippen LogP contribution in [0.1, 0.15) is 27.4 Å². The van der Waals surface area contributed by atoms with Gasteiger partial charge in [0, 0.05) is 0 Å². The Bertz CT molecular complexity index is 1030. The second kappa shape index (κ2) is 5.23. The quantitative estimate of drug-likeness (QED) is 0.713. The van der Waals surface area contributed by atoms with Crippen LogP contribution in [0.3, 0.4) is 0 Å². The number of carbonyl (C=O) groups is 1. The number of alkyl halides is 2. The number of hydrogen-bond donors (Lipinski definition) is 2. The van der Waals surface area contributed by atoms with Gasteiger partial charge in [-0.05, 0) is 45.7 Å². The highest BCUT2D eigenvalue weighted by molar-refractivity contribution is 6.18. The first-order chi connectivity index (χ1) is 11.9. The maximum Gasteiger partial charge on any atom is 0.261 e. The van der Waals surface area contributed by atoms with E-state index in [4.69, 9.17) is 5.73 Å². The van der Waals surface area contributed by atoms with Crippen LogP contribution in [-0.4, -0.2) is 23.5 Å². The minimum Gasteiger partial charge on any atom is -0.396 e. The lowest BCUT2D eigenvalue weighted by Gasteiger charge is -2.14. The molecule has 0 heterocycles. The Morgan fingerprint density at radius 3 is 2.56 bits per heavy atom. The van der Waals surface area contributed by atoms with Crippen molar-refractivity contribution in [1.29, 1.82) is 0 Å². The normalized spacial score (nSPS) is 21.6. The number of fused-ring (bicyclic) bond motifs is 2. The molecule has 0 saturated heterocycles. The first-order valence-corrected chi connectivity index (χ1v) is 8.11. The molecule has 0 aliphatic heterocycles. The van der Waals surface area contributed by atoms with E-state index in [0.717, 1.165) is 10.8 Å². The molecular weight excluding hydrogens is 324 g/mol. The Labute approximate surface area is 143 Å². The van der Waals surface area contributed by atoms with Gasteiger partial charge in [-0.2, -0.15) is 0 Å². The lowest BCUT2D eigenvalue weighted by Crippen LogP contribution is -2.13. The van der Waals surface area contributed by atoms with E-state index in [1.165, 1.54) is 0 Å². The summed E-state index contributed by atoms with van der Waals surface area (Å²) in [6.07, 6.45) is 0. The van der Waals surface area contributed by atoms with Crippen molar-refractivity contribution in [3.63, 3.8) is 0 Å². The minimum absolute atomic E-state index is 0.358. The number of nitrogens with two attached hydrogens (primary N) is 1. The molecule has 3 aromatic rings. The molecule has 2 unspecified atom stereocenters. The molecule has 0 aromatic heterocycles. The van der Waals surface area contributed by atoms with Gasteiger partial charge in [-0.25, -0.2) is 8.78 Å². The summed E-state index contributed by atoms with van der Waals surface area (Å²) in [5, 5.41) is 12.2. The Morgan fingerprint density at radius 1 is 1.20 bits per heavy atom. The van der Waals surface area contributed by atoms with Crippen LogP contribution in [0.25, 0.3) is 21.5 Å². The molecule has 2 atom stereocenters. The van der Waals surface area contributed by atoms with Gasteiger partial charge in [-0.3, -0.25) is 4.79 Å². The molecule has 4 rings (SSSR count). The van der Waals surface area contributed by atoms with Crippen LogP contribution in [0.5, 0.6) is 0 Å². The highest BCUT2D eigenvalue weighted by atomic mass is 19.3. The van der Waals surface area contributed by atoms with Crippen LogP contribution >= 0.6 is 0 Å². The van der Waals surface area contributed by atoms with Crippen molar-refractivity contribution < 1.29 is 18.7 Å². The predicted octanol–water partition coefficient (Wildman–Crippen LogP) is 3.74. The van der Waals surface area contributed by atoms with Crippen molar-refractivity contribution in [1.82, 2.24) is 0 Å². The molecule has 128 valence electrons. The largest absolute Gasteiger partial charge is 0.396 e. The van der Waals surface area contributed by atoms with Crippen LogP contribution in [0.15, 0.2) is 42.5 Å². The molecule has 5 heteroatoms. The summed E-state index contributed by atoms with van der Waals surface area (Å²) in [6, 6.07) is 12.7. The van der Waals surface area contributed by atoms with E-state index in [-0.39, 0.29) is 0 Å². The number of primary amides is 1. The third kappa shape index (κ3) is 2.15. The molecule has 25 heavy (non-hydrogen) atoms. The molecule has 0 radical (unpaired) electrons. The summed E-state index contributed by atoms with van der Waals surface area (Å²) < 4.78 is 28.0. The molecule has 3 aromatic carbocycles. The maximum absolute atomic E-state index is 14.0. The number of benzene rings is 3. The monoisotopic (exact) mass is 341 g/mol. The maximum atomic E-state index is 14.0. The molecule has 1 aliphatic rings. The molecule has 3 nitrogen and oxygen atoms in total. The predicted molar refractivity (Wildman–Crippen MR) is 93.0 cm³/mol. The van der Waals surface area contributed by atoms with Gasteiger partial charge >= 0.3 is 0 Å². The van der Waals surface area contributed by atoms with E-state index >= 15 is 0 Å². The van der Waals surface area contributed by atoms with E-state index in [0.29, 0.717) is 27.5 Å². The van der Waals surface area contributed by atoms with Crippen molar-refractivity contribution in [3.05, 3.63) is 59.2 Å². The zero-order chi connectivity index (χ0) is 17.9. The highest BCUT2D eigenvalue weighted by Gasteiger charge is 2.68. The number of hydrogen-bond acceptors (Lipinski definition) is 2. The van der Waals surface area contributed by atoms with Crippen LogP contribution in [0.4, 0.5) is 8.78 Å². The summed E-state index contributed by atoms with van der Waals surface area (Å²) >= 11 is 0. The van der Waals surface area contributed by atoms with E-state index in [1.807, 2.05) is 30.3 Å². The van der Waals surface area contributed by atoms with Crippen LogP contribution in [0.2, 0.25) is 0 Å². The fraction of sp³-hybridized carbons (Fsp3) is 0.250. The van der Waals surface area contributed by atoms with E-state index < -0.39 is 30.3 Å². The molecule has 1 saturated carbocycles. The summed E-state index contributed by atoms with van der Waals surface area (Å²) in [4.78, 5) is 12.2. The lowest BCUT2D eigenvalue weighted by atomic mass is 9.89. The van der Waals surface area contributed by atoms with Gasteiger partial charge in [-0.1, -0.05) is 36.4 Å². The number of halogens is 2. The second-order valence-electron chi connectivity index (χ2n) is 6.66. The molecule has 3 N–H and O–H groups in total. The molecule has 1 aliphatic carbocycles. The number of aryl methyl sites for hydroxylation is 1. The summed E-state index contributed by atoms with van der Waals surface area (Å²) in [6.45, 7) is 1.18. The van der Waals surface area contributed by atoms with Crippen molar-refractivity contribution in [2.24, 2.45) is 11.7 Å². The Morgan fingerprint density at radius 2 is 1.92 bits per heavy atom. The summed E-state index contributed by atoms with van der Waals surface area (Å²) in [5.74, 6) is -5.59. The van der Waals surface area contributed by atoms with E-state index in [1.54, 1.807) is 19.1 Å². The summed E-state index contributed by atoms with van der Waals surface area (Å²) in [7, 11) is 0. The van der Waals surface area contributed by atoms with Gasteiger partial charge in [0.1, 0.15) is 0 Å². The molecule has 1 amide bonds. The Kier molecular flexibility index (Phi) is 3.34. The first-order valence-electron chi connectivity index (χ1n) is 8.11. The second-order valence-corrected chi connectivity index (χ2v) is 6.66. The van der Waals surface area contributed by atoms with Gasteiger partial charge in [0.25, 0.3) is 5.92 Å². The third-order valence-electron chi connectivity index (χ3n) is 5.31. The highest BCUT2D eigenvalue weighted by Crippen LogP contribution is 2.62. The van der Waals surface area contributed by atoms with Crippen molar-refractivity contribution >= 4 is 27.5 Å². The summed E-state index contributed by atoms with van der Waals surface area (Å²) in [5.41, 5.74) is 7.08. The fourth-order valence-electron chi connectivity index (χ4n) is 3.99. The van der Waals surface area contributed by atoms with Crippen molar-refractivity contribution in [2.45, 2.75) is 18.8 Å². The Balaban J connectivity index is 2.05. The lowest BCUT2D eigenvalue weighted by molar-refractivity contribution is 0.0784. The fourth-order valence-corrected chi connectivity index (χ4v) is 3.99. The van der Waals surface area contributed by atoms with E-state index in [9.17, 15) is 18.7 Å². The molecule has 1 fully saturated rings. The van der Waals surface area contributed by atoms with Gasteiger partial charge in [0.15, 0.2) is 0 Å². The number of amides is 1. The standard InChI is InChI=1S/C20H17F2NO2/c1-10-13(18-15(9-24)20(18,21)22)7-6-12-8-11-4-2-3-5-14(11)17(16(10)12)19(23)25/h2-8,15,18,24H,9H2,1H3,(H2,23,25). The number of carbonyl (C=O) groups excluding carboxylic acids is 1. The third-order valence-corrected chi connectivity index (χ3v) is 5.31. The molecular formula is C20H17F2NO2. The van der Waals surface area contributed by atoms with Gasteiger partial charge in [0.2, 0.25) is 5.91 Å². The number of aliphatic hydroxyl groups excluding tert-OH is 1. The molecule has 0 spiro atoms.